The summed E-state index contributed by atoms with van der Waals surface area (Å²) in [5.74, 6) is 1.17. The van der Waals surface area contributed by atoms with Gasteiger partial charge in [-0.2, -0.15) is 0 Å². The van der Waals surface area contributed by atoms with Crippen LogP contribution in [0.4, 0.5) is 0 Å². The van der Waals surface area contributed by atoms with E-state index in [-0.39, 0.29) is 5.41 Å². The predicted molar refractivity (Wildman–Crippen MR) is 85.0 cm³/mol. The molecule has 2 aliphatic rings. The highest BCUT2D eigenvalue weighted by atomic mass is 14.5. The SMILES string of the molecule is CC1=CC(C)=C(C)C1C(C)(C)C1C(C)=CC(C)=C1C. The lowest BCUT2D eigenvalue weighted by Crippen LogP contribution is -2.34. The second-order valence-electron chi connectivity index (χ2n) is 7.20. The van der Waals surface area contributed by atoms with Crippen LogP contribution in [0.25, 0.3) is 0 Å². The molecule has 19 heavy (non-hydrogen) atoms. The van der Waals surface area contributed by atoms with Crippen LogP contribution in [0.5, 0.6) is 0 Å². The van der Waals surface area contributed by atoms with Crippen LogP contribution in [-0.4, -0.2) is 0 Å². The molecule has 0 spiro atoms. The van der Waals surface area contributed by atoms with E-state index in [1.165, 1.54) is 22.3 Å². The van der Waals surface area contributed by atoms with Crippen molar-refractivity contribution in [2.45, 2.75) is 55.4 Å². The van der Waals surface area contributed by atoms with Gasteiger partial charge in [-0.25, -0.2) is 0 Å². The molecule has 104 valence electrons. The van der Waals surface area contributed by atoms with E-state index in [9.17, 15) is 0 Å². The Morgan fingerprint density at radius 1 is 0.684 bits per heavy atom. The zero-order valence-electron chi connectivity index (χ0n) is 13.8. The van der Waals surface area contributed by atoms with Gasteiger partial charge in [0.05, 0.1) is 0 Å². The van der Waals surface area contributed by atoms with Gasteiger partial charge < -0.3 is 0 Å². The Morgan fingerprint density at radius 3 is 1.21 bits per heavy atom. The fraction of sp³-hybridized carbons (Fsp3) is 0.579. The molecule has 0 saturated carbocycles. The van der Waals surface area contributed by atoms with Gasteiger partial charge >= 0.3 is 0 Å². The minimum absolute atomic E-state index is 0.255. The fourth-order valence-electron chi connectivity index (χ4n) is 4.67. The molecule has 2 unspecified atom stereocenters. The summed E-state index contributed by atoms with van der Waals surface area (Å²) in [5.41, 5.74) is 9.38. The molecule has 0 aromatic rings. The standard InChI is InChI=1S/C19H28/c1-11-9-13(3)17(15(11)5)19(7,8)18-14(4)10-12(2)16(18)6/h9-10,17-18H,1-8H3. The van der Waals surface area contributed by atoms with E-state index in [2.05, 4.69) is 67.5 Å². The third-order valence-electron chi connectivity index (χ3n) is 5.40. The predicted octanol–water partition coefficient (Wildman–Crippen LogP) is 5.84. The molecule has 0 N–H and O–H groups in total. The fourth-order valence-corrected chi connectivity index (χ4v) is 4.67. The van der Waals surface area contributed by atoms with Crippen molar-refractivity contribution in [3.8, 4) is 0 Å². The van der Waals surface area contributed by atoms with E-state index in [1.807, 2.05) is 0 Å². The first-order valence-corrected chi connectivity index (χ1v) is 7.39. The summed E-state index contributed by atoms with van der Waals surface area (Å²) in [6.07, 6.45) is 4.75. The molecule has 0 heteroatoms. The van der Waals surface area contributed by atoms with E-state index in [4.69, 9.17) is 0 Å². The summed E-state index contributed by atoms with van der Waals surface area (Å²) < 4.78 is 0. The summed E-state index contributed by atoms with van der Waals surface area (Å²) in [7, 11) is 0. The number of rotatable bonds is 2. The number of allylic oxidation sites excluding steroid dienone is 8. The van der Waals surface area contributed by atoms with Gasteiger partial charge in [0, 0.05) is 11.8 Å². The molecule has 2 atom stereocenters. The third kappa shape index (κ3) is 2.06. The van der Waals surface area contributed by atoms with Gasteiger partial charge in [0.1, 0.15) is 0 Å². The van der Waals surface area contributed by atoms with Gasteiger partial charge in [0.2, 0.25) is 0 Å². The van der Waals surface area contributed by atoms with Crippen LogP contribution < -0.4 is 0 Å². The van der Waals surface area contributed by atoms with Crippen LogP contribution in [0.15, 0.2) is 45.6 Å². The van der Waals surface area contributed by atoms with Crippen LogP contribution in [0.2, 0.25) is 0 Å². The molecule has 0 nitrogen and oxygen atoms in total. The van der Waals surface area contributed by atoms with E-state index in [1.54, 1.807) is 11.1 Å². The third-order valence-corrected chi connectivity index (χ3v) is 5.40. The molecule has 0 aliphatic heterocycles. The Kier molecular flexibility index (Phi) is 3.41. The van der Waals surface area contributed by atoms with Crippen LogP contribution in [0.3, 0.4) is 0 Å². The Labute approximate surface area is 119 Å². The highest BCUT2D eigenvalue weighted by Crippen LogP contribution is 2.53. The van der Waals surface area contributed by atoms with E-state index in [0.717, 1.165) is 0 Å². The molecule has 0 bridgehead atoms. The molecule has 0 aromatic heterocycles. The zero-order chi connectivity index (χ0) is 14.5. The lowest BCUT2D eigenvalue weighted by Gasteiger charge is -2.41. The Morgan fingerprint density at radius 2 is 1.00 bits per heavy atom. The topological polar surface area (TPSA) is 0 Å². The van der Waals surface area contributed by atoms with E-state index >= 15 is 0 Å². The normalized spacial score (nSPS) is 28.2. The van der Waals surface area contributed by atoms with Gasteiger partial charge in [-0.3, -0.25) is 0 Å². The molecule has 0 aromatic carbocycles. The highest BCUT2D eigenvalue weighted by Gasteiger charge is 2.43. The monoisotopic (exact) mass is 256 g/mol. The Hall–Kier alpha value is -1.04. The minimum atomic E-state index is 0.255. The van der Waals surface area contributed by atoms with E-state index in [0.29, 0.717) is 11.8 Å². The smallest absolute Gasteiger partial charge is 0.00704 e. The second kappa shape index (κ2) is 4.51. The molecule has 0 heterocycles. The van der Waals surface area contributed by atoms with Crippen molar-refractivity contribution >= 4 is 0 Å². The first-order chi connectivity index (χ1) is 8.67. The lowest BCUT2D eigenvalue weighted by atomic mass is 9.62. The average molecular weight is 256 g/mol. The van der Waals surface area contributed by atoms with Crippen molar-refractivity contribution in [2.24, 2.45) is 17.3 Å². The Bertz CT molecular complexity index is 484. The van der Waals surface area contributed by atoms with Gasteiger partial charge in [0.15, 0.2) is 0 Å². The molecular formula is C19H28. The van der Waals surface area contributed by atoms with Crippen LogP contribution in [0, 0.1) is 17.3 Å². The molecule has 2 aliphatic carbocycles. The summed E-state index contributed by atoms with van der Waals surface area (Å²) in [6.45, 7) is 18.6. The lowest BCUT2D eigenvalue weighted by molar-refractivity contribution is 0.216. The van der Waals surface area contributed by atoms with Gasteiger partial charge in [0.25, 0.3) is 0 Å². The maximum Gasteiger partial charge on any atom is 0.00704 e. The molecular weight excluding hydrogens is 228 g/mol. The number of hydrogen-bond acceptors (Lipinski definition) is 0. The summed E-state index contributed by atoms with van der Waals surface area (Å²) in [6, 6.07) is 0. The summed E-state index contributed by atoms with van der Waals surface area (Å²) in [5, 5.41) is 0. The average Bonchev–Trinajstić information content (AvgIpc) is 2.66. The molecule has 0 fully saturated rings. The first-order valence-electron chi connectivity index (χ1n) is 7.39. The van der Waals surface area contributed by atoms with Crippen molar-refractivity contribution in [3.63, 3.8) is 0 Å². The highest BCUT2D eigenvalue weighted by molar-refractivity contribution is 5.46. The van der Waals surface area contributed by atoms with Crippen LogP contribution in [0.1, 0.15) is 55.4 Å². The molecule has 0 amide bonds. The van der Waals surface area contributed by atoms with Crippen molar-refractivity contribution in [2.75, 3.05) is 0 Å². The van der Waals surface area contributed by atoms with Gasteiger partial charge in [-0.1, -0.05) is 59.4 Å². The van der Waals surface area contributed by atoms with Crippen molar-refractivity contribution in [1.29, 1.82) is 0 Å². The van der Waals surface area contributed by atoms with Crippen LogP contribution in [-0.2, 0) is 0 Å². The summed E-state index contributed by atoms with van der Waals surface area (Å²) in [4.78, 5) is 0. The largest absolute Gasteiger partial charge is 0.0653 e. The maximum absolute atomic E-state index is 2.45. The van der Waals surface area contributed by atoms with Crippen molar-refractivity contribution in [1.82, 2.24) is 0 Å². The quantitative estimate of drug-likeness (QED) is 0.582. The summed E-state index contributed by atoms with van der Waals surface area (Å²) >= 11 is 0. The van der Waals surface area contributed by atoms with Gasteiger partial charge in [-0.05, 0) is 47.0 Å². The molecule has 2 rings (SSSR count). The second-order valence-corrected chi connectivity index (χ2v) is 7.20. The maximum atomic E-state index is 2.45. The number of hydrogen-bond donors (Lipinski definition) is 0. The zero-order valence-corrected chi connectivity index (χ0v) is 13.8. The van der Waals surface area contributed by atoms with Gasteiger partial charge in [-0.15, -0.1) is 0 Å². The van der Waals surface area contributed by atoms with Crippen LogP contribution >= 0.6 is 0 Å². The first kappa shape index (κ1) is 14.4. The minimum Gasteiger partial charge on any atom is -0.0653 e. The van der Waals surface area contributed by atoms with Crippen molar-refractivity contribution in [3.05, 3.63) is 45.6 Å². The Balaban J connectivity index is 2.46. The molecule has 0 radical (unpaired) electrons. The van der Waals surface area contributed by atoms with E-state index < -0.39 is 0 Å². The van der Waals surface area contributed by atoms with Crippen molar-refractivity contribution < 1.29 is 0 Å². The molecule has 0 saturated heterocycles.